The fourth-order valence-electron chi connectivity index (χ4n) is 1.25. The zero-order valence-corrected chi connectivity index (χ0v) is 8.43. The van der Waals surface area contributed by atoms with Crippen molar-refractivity contribution < 1.29 is 28.6 Å². The smallest absolute Gasteiger partial charge is 0.249 e. The van der Waals surface area contributed by atoms with Gasteiger partial charge in [-0.15, -0.1) is 0 Å². The molecule has 0 radical (unpaired) electrons. The number of carbonyl (C=O) groups excluding carboxylic acids is 2. The Kier molecular flexibility index (Phi) is 3.87. The number of hydrogen-bond donors (Lipinski definition) is 3. The van der Waals surface area contributed by atoms with Crippen LogP contribution in [0.15, 0.2) is 12.1 Å². The van der Waals surface area contributed by atoms with Gasteiger partial charge in [-0.2, -0.15) is 0 Å². The first kappa shape index (κ1) is 13.2. The van der Waals surface area contributed by atoms with Crippen molar-refractivity contribution >= 4 is 12.2 Å². The number of aliphatic hydroxyl groups excluding tert-OH is 2. The number of benzene rings is 1. The van der Waals surface area contributed by atoms with Crippen LogP contribution >= 0.6 is 0 Å². The normalized spacial score (nSPS) is 14.1. The first-order valence-electron chi connectivity index (χ1n) is 4.48. The Morgan fingerprint density at radius 2 is 1.94 bits per heavy atom. The molecule has 1 rings (SSSR count). The molecule has 0 aliphatic rings. The van der Waals surface area contributed by atoms with E-state index in [1.807, 2.05) is 0 Å². The minimum absolute atomic E-state index is 0.0719. The van der Waals surface area contributed by atoms with Crippen LogP contribution in [0.25, 0.3) is 0 Å². The summed E-state index contributed by atoms with van der Waals surface area (Å²) < 4.78 is 26.5. The average Bonchev–Trinajstić information content (AvgIpc) is 2.28. The van der Waals surface area contributed by atoms with Crippen molar-refractivity contribution in [3.63, 3.8) is 0 Å². The highest BCUT2D eigenvalue weighted by molar-refractivity contribution is 5.80. The Bertz CT molecular complexity index is 464. The topological polar surface area (TPSA) is 101 Å². The van der Waals surface area contributed by atoms with Crippen LogP contribution in [0.3, 0.4) is 0 Å². The van der Waals surface area contributed by atoms with E-state index in [9.17, 15) is 23.5 Å². The summed E-state index contributed by atoms with van der Waals surface area (Å²) in [4.78, 5) is 21.0. The molecule has 2 unspecified atom stereocenters. The number of primary amides is 1. The van der Waals surface area contributed by atoms with E-state index in [2.05, 4.69) is 0 Å². The quantitative estimate of drug-likeness (QED) is 0.631. The van der Waals surface area contributed by atoms with Gasteiger partial charge in [0.15, 0.2) is 12.4 Å². The lowest BCUT2D eigenvalue weighted by Crippen LogP contribution is -2.34. The number of nitrogens with two attached hydrogens (primary N) is 1. The number of aldehydes is 1. The van der Waals surface area contributed by atoms with E-state index in [0.717, 1.165) is 12.1 Å². The molecule has 0 bridgehead atoms. The number of amides is 1. The van der Waals surface area contributed by atoms with E-state index in [-0.39, 0.29) is 6.29 Å². The second-order valence-corrected chi connectivity index (χ2v) is 3.27. The Balaban J connectivity index is 3.24. The van der Waals surface area contributed by atoms with Crippen LogP contribution in [0.1, 0.15) is 22.0 Å². The summed E-state index contributed by atoms with van der Waals surface area (Å²) >= 11 is 0. The van der Waals surface area contributed by atoms with Crippen molar-refractivity contribution in [2.45, 2.75) is 12.2 Å². The van der Waals surface area contributed by atoms with Gasteiger partial charge in [0.25, 0.3) is 0 Å². The maximum atomic E-state index is 13.5. The van der Waals surface area contributed by atoms with Crippen molar-refractivity contribution in [3.8, 4) is 0 Å². The summed E-state index contributed by atoms with van der Waals surface area (Å²) in [5.41, 5.74) is 3.24. The van der Waals surface area contributed by atoms with Gasteiger partial charge in [0.2, 0.25) is 5.91 Å². The lowest BCUT2D eigenvalue weighted by Gasteiger charge is -2.16. The van der Waals surface area contributed by atoms with Crippen LogP contribution in [-0.4, -0.2) is 28.5 Å². The number of aliphatic hydroxyl groups is 2. The summed E-state index contributed by atoms with van der Waals surface area (Å²) in [6, 6.07) is 1.55. The number of hydrogen-bond acceptors (Lipinski definition) is 4. The summed E-state index contributed by atoms with van der Waals surface area (Å²) in [6.07, 6.45) is -4.08. The van der Waals surface area contributed by atoms with Crippen LogP contribution in [0, 0.1) is 11.6 Å². The standard InChI is InChI=1S/C10H9F2NO4/c11-6-2-1-4(7(12)5(6)3-14)8(15)9(16)10(13)17/h1-3,8-9,15-16H,(H2,13,17). The third-order valence-corrected chi connectivity index (χ3v) is 2.18. The number of rotatable bonds is 4. The van der Waals surface area contributed by atoms with E-state index in [1.54, 1.807) is 0 Å². The third kappa shape index (κ3) is 2.45. The molecular formula is C10H9F2NO4. The molecule has 0 saturated carbocycles. The summed E-state index contributed by atoms with van der Waals surface area (Å²) in [7, 11) is 0. The summed E-state index contributed by atoms with van der Waals surface area (Å²) in [6.45, 7) is 0. The van der Waals surface area contributed by atoms with Crippen LogP contribution in [0.2, 0.25) is 0 Å². The molecule has 1 amide bonds. The van der Waals surface area contributed by atoms with Crippen molar-refractivity contribution in [1.82, 2.24) is 0 Å². The van der Waals surface area contributed by atoms with Crippen molar-refractivity contribution in [2.75, 3.05) is 0 Å². The number of carbonyl (C=O) groups is 2. The average molecular weight is 245 g/mol. The molecule has 0 aliphatic heterocycles. The molecular weight excluding hydrogens is 236 g/mol. The molecule has 2 atom stereocenters. The lowest BCUT2D eigenvalue weighted by atomic mass is 10.0. The highest BCUT2D eigenvalue weighted by Gasteiger charge is 2.27. The molecule has 0 saturated heterocycles. The van der Waals surface area contributed by atoms with Gasteiger partial charge in [0.05, 0.1) is 5.56 Å². The predicted octanol–water partition coefficient (Wildman–Crippen LogP) is -0.343. The van der Waals surface area contributed by atoms with E-state index in [4.69, 9.17) is 10.8 Å². The summed E-state index contributed by atoms with van der Waals surface area (Å²) in [5, 5.41) is 18.6. The Morgan fingerprint density at radius 1 is 1.35 bits per heavy atom. The Labute approximate surface area is 94.5 Å². The molecule has 0 heterocycles. The van der Waals surface area contributed by atoms with Crippen LogP contribution in [0.4, 0.5) is 8.78 Å². The zero-order chi connectivity index (χ0) is 13.2. The van der Waals surface area contributed by atoms with Crippen LogP contribution in [0.5, 0.6) is 0 Å². The molecule has 1 aromatic carbocycles. The Morgan fingerprint density at radius 3 is 2.41 bits per heavy atom. The van der Waals surface area contributed by atoms with Gasteiger partial charge < -0.3 is 15.9 Å². The van der Waals surface area contributed by atoms with Crippen molar-refractivity contribution in [3.05, 3.63) is 34.9 Å². The minimum Gasteiger partial charge on any atom is -0.385 e. The van der Waals surface area contributed by atoms with Crippen LogP contribution in [-0.2, 0) is 4.79 Å². The van der Waals surface area contributed by atoms with E-state index in [0.29, 0.717) is 0 Å². The minimum atomic E-state index is -2.05. The van der Waals surface area contributed by atoms with Gasteiger partial charge in [-0.1, -0.05) is 6.07 Å². The molecule has 17 heavy (non-hydrogen) atoms. The molecule has 0 aliphatic carbocycles. The van der Waals surface area contributed by atoms with Gasteiger partial charge in [-0.05, 0) is 6.07 Å². The largest absolute Gasteiger partial charge is 0.385 e. The van der Waals surface area contributed by atoms with E-state index in [1.165, 1.54) is 0 Å². The Hall–Kier alpha value is -1.86. The molecule has 0 aromatic heterocycles. The van der Waals surface area contributed by atoms with Gasteiger partial charge >= 0.3 is 0 Å². The lowest BCUT2D eigenvalue weighted by molar-refractivity contribution is -0.132. The van der Waals surface area contributed by atoms with Gasteiger partial charge in [0.1, 0.15) is 17.7 Å². The fraction of sp³-hybridized carbons (Fsp3) is 0.200. The monoisotopic (exact) mass is 245 g/mol. The first-order chi connectivity index (χ1) is 7.90. The van der Waals surface area contributed by atoms with E-state index >= 15 is 0 Å². The predicted molar refractivity (Wildman–Crippen MR) is 51.9 cm³/mol. The van der Waals surface area contributed by atoms with Gasteiger partial charge in [0, 0.05) is 5.56 Å². The first-order valence-corrected chi connectivity index (χ1v) is 4.48. The van der Waals surface area contributed by atoms with Gasteiger partial charge in [-0.3, -0.25) is 9.59 Å². The maximum Gasteiger partial charge on any atom is 0.249 e. The molecule has 0 spiro atoms. The van der Waals surface area contributed by atoms with Crippen molar-refractivity contribution in [1.29, 1.82) is 0 Å². The second kappa shape index (κ2) is 4.98. The van der Waals surface area contributed by atoms with Crippen LogP contribution < -0.4 is 5.73 Å². The highest BCUT2D eigenvalue weighted by Crippen LogP contribution is 2.23. The molecule has 4 N–H and O–H groups in total. The molecule has 92 valence electrons. The molecule has 5 nitrogen and oxygen atoms in total. The SMILES string of the molecule is NC(=O)C(O)C(O)c1ccc(F)c(C=O)c1F. The zero-order valence-electron chi connectivity index (χ0n) is 8.43. The maximum absolute atomic E-state index is 13.5. The molecule has 7 heteroatoms. The third-order valence-electron chi connectivity index (χ3n) is 2.18. The van der Waals surface area contributed by atoms with Crippen molar-refractivity contribution in [2.24, 2.45) is 5.73 Å². The molecule has 1 aromatic rings. The summed E-state index contributed by atoms with van der Waals surface area (Å²) in [5.74, 6) is -3.72. The number of halogens is 2. The highest BCUT2D eigenvalue weighted by atomic mass is 19.1. The fourth-order valence-corrected chi connectivity index (χ4v) is 1.25. The van der Waals surface area contributed by atoms with E-state index < -0.39 is 40.9 Å². The second-order valence-electron chi connectivity index (χ2n) is 3.27. The molecule has 0 fully saturated rings. The van der Waals surface area contributed by atoms with Gasteiger partial charge in [-0.25, -0.2) is 8.78 Å².